The van der Waals surface area contributed by atoms with E-state index in [4.69, 9.17) is 10.5 Å². The van der Waals surface area contributed by atoms with Crippen LogP contribution in [-0.4, -0.2) is 17.1 Å². The lowest BCUT2D eigenvalue weighted by atomic mass is 10.2. The Morgan fingerprint density at radius 3 is 2.75 bits per heavy atom. The Morgan fingerprint density at radius 1 is 1.30 bits per heavy atom. The first kappa shape index (κ1) is 14.0. The molecule has 0 aliphatic heterocycles. The quantitative estimate of drug-likeness (QED) is 0.898. The van der Waals surface area contributed by atoms with Crippen LogP contribution in [0.5, 0.6) is 5.75 Å². The lowest BCUT2D eigenvalue weighted by molar-refractivity contribution is 0.370. The average Bonchev–Trinajstić information content (AvgIpc) is 2.44. The number of nitrogen functional groups attached to an aromatic ring is 1. The first-order chi connectivity index (χ1) is 9.52. The van der Waals surface area contributed by atoms with E-state index in [-0.39, 0.29) is 23.8 Å². The van der Waals surface area contributed by atoms with Gasteiger partial charge in [-0.05, 0) is 13.0 Å². The smallest absolute Gasteiger partial charge is 0.221 e. The van der Waals surface area contributed by atoms with E-state index in [0.717, 1.165) is 5.56 Å². The third kappa shape index (κ3) is 2.76. The number of aryl methyl sites for hydroxylation is 1. The maximum atomic E-state index is 13.8. The van der Waals surface area contributed by atoms with Crippen LogP contribution in [0.1, 0.15) is 11.1 Å². The summed E-state index contributed by atoms with van der Waals surface area (Å²) in [6, 6.07) is 2.82. The first-order valence-corrected chi connectivity index (χ1v) is 5.86. The summed E-state index contributed by atoms with van der Waals surface area (Å²) in [6.45, 7) is 1.86. The maximum absolute atomic E-state index is 13.8. The molecular weight excluding hydrogens is 266 g/mol. The van der Waals surface area contributed by atoms with E-state index in [2.05, 4.69) is 15.3 Å². The van der Waals surface area contributed by atoms with Gasteiger partial charge in [-0.1, -0.05) is 6.07 Å². The SMILES string of the molecule is COc1ccc(CNc2nc(N)ncc2C)c(F)c1F. The van der Waals surface area contributed by atoms with Crippen molar-refractivity contribution in [1.82, 2.24) is 9.97 Å². The summed E-state index contributed by atoms with van der Waals surface area (Å²) < 4.78 is 32.0. The molecule has 7 heteroatoms. The number of nitrogens with two attached hydrogens (primary N) is 1. The van der Waals surface area contributed by atoms with Crippen LogP contribution in [0, 0.1) is 18.6 Å². The number of aromatic nitrogens is 2. The van der Waals surface area contributed by atoms with Crippen LogP contribution in [0.25, 0.3) is 0 Å². The van der Waals surface area contributed by atoms with Gasteiger partial charge in [-0.3, -0.25) is 0 Å². The third-order valence-corrected chi connectivity index (χ3v) is 2.78. The highest BCUT2D eigenvalue weighted by Crippen LogP contribution is 2.23. The maximum Gasteiger partial charge on any atom is 0.221 e. The van der Waals surface area contributed by atoms with Crippen molar-refractivity contribution >= 4 is 11.8 Å². The molecule has 0 unspecified atom stereocenters. The van der Waals surface area contributed by atoms with Crippen LogP contribution < -0.4 is 15.8 Å². The largest absolute Gasteiger partial charge is 0.494 e. The molecule has 1 heterocycles. The van der Waals surface area contributed by atoms with E-state index < -0.39 is 11.6 Å². The van der Waals surface area contributed by atoms with Gasteiger partial charge in [-0.25, -0.2) is 9.37 Å². The van der Waals surface area contributed by atoms with Gasteiger partial charge in [0.25, 0.3) is 0 Å². The van der Waals surface area contributed by atoms with Crippen molar-refractivity contribution in [2.75, 3.05) is 18.2 Å². The lowest BCUT2D eigenvalue weighted by Gasteiger charge is -2.11. The zero-order chi connectivity index (χ0) is 14.7. The molecular formula is C13H14F2N4O. The molecule has 0 aliphatic rings. The summed E-state index contributed by atoms with van der Waals surface area (Å²) in [5.41, 5.74) is 6.40. The molecule has 0 saturated heterocycles. The van der Waals surface area contributed by atoms with E-state index in [9.17, 15) is 8.78 Å². The molecule has 0 saturated carbocycles. The van der Waals surface area contributed by atoms with Crippen molar-refractivity contribution in [3.05, 3.63) is 41.1 Å². The predicted octanol–water partition coefficient (Wildman–Crippen LogP) is 2.27. The van der Waals surface area contributed by atoms with Gasteiger partial charge < -0.3 is 15.8 Å². The minimum Gasteiger partial charge on any atom is -0.494 e. The molecule has 3 N–H and O–H groups in total. The van der Waals surface area contributed by atoms with E-state index in [1.54, 1.807) is 13.1 Å². The Labute approximate surface area is 114 Å². The van der Waals surface area contributed by atoms with Crippen molar-refractivity contribution < 1.29 is 13.5 Å². The molecule has 0 amide bonds. The molecule has 2 aromatic rings. The number of halogens is 2. The molecule has 2 rings (SSSR count). The summed E-state index contributed by atoms with van der Waals surface area (Å²) in [5.74, 6) is -1.50. The first-order valence-electron chi connectivity index (χ1n) is 5.86. The molecule has 0 spiro atoms. The molecule has 20 heavy (non-hydrogen) atoms. The molecule has 0 atom stereocenters. The predicted molar refractivity (Wildman–Crippen MR) is 71.4 cm³/mol. The Morgan fingerprint density at radius 2 is 2.05 bits per heavy atom. The fourth-order valence-corrected chi connectivity index (χ4v) is 1.68. The fraction of sp³-hybridized carbons (Fsp3) is 0.231. The number of anilines is 2. The summed E-state index contributed by atoms with van der Waals surface area (Å²) in [7, 11) is 1.28. The standard InChI is InChI=1S/C13H14F2N4O/c1-7-5-18-13(16)19-12(7)17-6-8-3-4-9(20-2)11(15)10(8)14/h3-5H,6H2,1-2H3,(H3,16,17,18,19). The van der Waals surface area contributed by atoms with E-state index in [1.165, 1.54) is 19.2 Å². The third-order valence-electron chi connectivity index (χ3n) is 2.78. The Kier molecular flexibility index (Phi) is 3.97. The number of ether oxygens (including phenoxy) is 1. The molecule has 0 radical (unpaired) electrons. The van der Waals surface area contributed by atoms with Crippen LogP contribution in [0.15, 0.2) is 18.3 Å². The van der Waals surface area contributed by atoms with Gasteiger partial charge >= 0.3 is 0 Å². The normalized spacial score (nSPS) is 10.4. The van der Waals surface area contributed by atoms with Gasteiger partial charge in [0.1, 0.15) is 5.82 Å². The van der Waals surface area contributed by atoms with E-state index in [0.29, 0.717) is 5.82 Å². The number of hydrogen-bond acceptors (Lipinski definition) is 5. The summed E-state index contributed by atoms with van der Waals surface area (Å²) in [4.78, 5) is 7.81. The Hall–Kier alpha value is -2.44. The van der Waals surface area contributed by atoms with Gasteiger partial charge in [0, 0.05) is 23.9 Å². The lowest BCUT2D eigenvalue weighted by Crippen LogP contribution is -2.08. The second-order valence-electron chi connectivity index (χ2n) is 4.17. The molecule has 1 aromatic heterocycles. The highest BCUT2D eigenvalue weighted by Gasteiger charge is 2.14. The summed E-state index contributed by atoms with van der Waals surface area (Å²) in [6.07, 6.45) is 1.55. The molecule has 0 bridgehead atoms. The topological polar surface area (TPSA) is 73.1 Å². The summed E-state index contributed by atoms with van der Waals surface area (Å²) in [5, 5.41) is 2.90. The molecule has 5 nitrogen and oxygen atoms in total. The number of hydrogen-bond donors (Lipinski definition) is 2. The average molecular weight is 280 g/mol. The van der Waals surface area contributed by atoms with Crippen molar-refractivity contribution in [3.8, 4) is 5.75 Å². The minimum absolute atomic E-state index is 0.0735. The Bertz CT molecular complexity index is 634. The van der Waals surface area contributed by atoms with Crippen molar-refractivity contribution in [1.29, 1.82) is 0 Å². The highest BCUT2D eigenvalue weighted by atomic mass is 19.2. The monoisotopic (exact) mass is 280 g/mol. The van der Waals surface area contributed by atoms with Crippen LogP contribution >= 0.6 is 0 Å². The zero-order valence-electron chi connectivity index (χ0n) is 11.1. The van der Waals surface area contributed by atoms with Gasteiger partial charge in [0.15, 0.2) is 11.6 Å². The molecule has 0 aliphatic carbocycles. The molecule has 1 aromatic carbocycles. The minimum atomic E-state index is -1.01. The number of nitrogens with one attached hydrogen (secondary N) is 1. The Balaban J connectivity index is 2.19. The van der Waals surface area contributed by atoms with Crippen LogP contribution in [0.4, 0.5) is 20.5 Å². The fourth-order valence-electron chi connectivity index (χ4n) is 1.68. The molecule has 106 valence electrons. The molecule has 0 fully saturated rings. The zero-order valence-corrected chi connectivity index (χ0v) is 11.1. The highest BCUT2D eigenvalue weighted by molar-refractivity contribution is 5.46. The van der Waals surface area contributed by atoms with Crippen molar-refractivity contribution in [2.24, 2.45) is 0 Å². The number of methoxy groups -OCH3 is 1. The summed E-state index contributed by atoms with van der Waals surface area (Å²) >= 11 is 0. The van der Waals surface area contributed by atoms with Crippen LogP contribution in [0.2, 0.25) is 0 Å². The number of benzene rings is 1. The second-order valence-corrected chi connectivity index (χ2v) is 4.17. The number of nitrogens with zero attached hydrogens (tertiary/aromatic N) is 2. The van der Waals surface area contributed by atoms with Crippen LogP contribution in [-0.2, 0) is 6.54 Å². The van der Waals surface area contributed by atoms with E-state index in [1.807, 2.05) is 0 Å². The van der Waals surface area contributed by atoms with Gasteiger partial charge in [-0.2, -0.15) is 9.37 Å². The van der Waals surface area contributed by atoms with Gasteiger partial charge in [0.2, 0.25) is 11.8 Å². The van der Waals surface area contributed by atoms with Gasteiger partial charge in [-0.15, -0.1) is 0 Å². The number of rotatable bonds is 4. The van der Waals surface area contributed by atoms with Crippen molar-refractivity contribution in [3.63, 3.8) is 0 Å². The second kappa shape index (κ2) is 5.68. The van der Waals surface area contributed by atoms with E-state index >= 15 is 0 Å². The van der Waals surface area contributed by atoms with Gasteiger partial charge in [0.05, 0.1) is 7.11 Å². The van der Waals surface area contributed by atoms with Crippen LogP contribution in [0.3, 0.4) is 0 Å². The van der Waals surface area contributed by atoms with Crippen molar-refractivity contribution in [2.45, 2.75) is 13.5 Å².